The van der Waals surface area contributed by atoms with Gasteiger partial charge in [0.1, 0.15) is 12.7 Å². The number of rotatable bonds is 3. The number of aliphatic imine (C=N–C) groups is 1. The maximum atomic E-state index is 5.96. The Bertz CT molecular complexity index is 356. The predicted octanol–water partition coefficient (Wildman–Crippen LogP) is 0.943. The molecule has 1 aliphatic rings. The second-order valence-corrected chi connectivity index (χ2v) is 4.57. The second kappa shape index (κ2) is 7.55. The number of guanidine groups is 1. The van der Waals surface area contributed by atoms with Crippen molar-refractivity contribution in [3.05, 3.63) is 12.7 Å². The molecule has 102 valence electrons. The van der Waals surface area contributed by atoms with E-state index in [1.165, 1.54) is 19.2 Å². The Kier molecular flexibility index (Phi) is 6.37. The van der Waals surface area contributed by atoms with Gasteiger partial charge in [-0.25, -0.2) is 4.98 Å². The highest BCUT2D eigenvalue weighted by Gasteiger charge is 2.16. The molecule has 18 heavy (non-hydrogen) atoms. The highest BCUT2D eigenvalue weighted by Crippen LogP contribution is 2.15. The summed E-state index contributed by atoms with van der Waals surface area (Å²) in [4.78, 5) is 10.4. The summed E-state index contributed by atoms with van der Waals surface area (Å²) in [5.41, 5.74) is 5.96. The molecule has 0 spiro atoms. The number of aromatic nitrogens is 3. The van der Waals surface area contributed by atoms with Gasteiger partial charge < -0.3 is 10.6 Å². The molecule has 1 aromatic rings. The smallest absolute Gasteiger partial charge is 0.191 e. The molecule has 1 fully saturated rings. The van der Waals surface area contributed by atoms with Gasteiger partial charge in [0.25, 0.3) is 0 Å². The maximum absolute atomic E-state index is 5.96. The maximum Gasteiger partial charge on any atom is 0.191 e. The summed E-state index contributed by atoms with van der Waals surface area (Å²) in [6.45, 7) is 5.72. The van der Waals surface area contributed by atoms with Gasteiger partial charge in [0.05, 0.1) is 13.1 Å². The van der Waals surface area contributed by atoms with Gasteiger partial charge in [-0.1, -0.05) is 6.92 Å². The van der Waals surface area contributed by atoms with Gasteiger partial charge in [-0.15, -0.1) is 24.0 Å². The molecule has 0 radical (unpaired) electrons. The Morgan fingerprint density at radius 3 is 2.78 bits per heavy atom. The molecule has 1 aliphatic heterocycles. The first-order chi connectivity index (χ1) is 8.25. The highest BCUT2D eigenvalue weighted by atomic mass is 127. The number of piperidine rings is 1. The van der Waals surface area contributed by atoms with Crippen LogP contribution in [0.4, 0.5) is 0 Å². The van der Waals surface area contributed by atoms with Crippen LogP contribution < -0.4 is 5.73 Å². The number of halogens is 1. The van der Waals surface area contributed by atoms with Crippen LogP contribution in [0.15, 0.2) is 17.6 Å². The molecule has 0 aliphatic carbocycles. The van der Waals surface area contributed by atoms with Gasteiger partial charge in [-0.05, 0) is 18.8 Å². The average molecular weight is 364 g/mol. The molecular formula is C11H21IN6. The van der Waals surface area contributed by atoms with Crippen molar-refractivity contribution in [1.29, 1.82) is 0 Å². The van der Waals surface area contributed by atoms with Crippen molar-refractivity contribution < 1.29 is 0 Å². The Labute approximate surface area is 125 Å². The van der Waals surface area contributed by atoms with Crippen LogP contribution in [0.2, 0.25) is 0 Å². The fourth-order valence-corrected chi connectivity index (χ4v) is 1.95. The highest BCUT2D eigenvalue weighted by molar-refractivity contribution is 14.0. The third-order valence-electron chi connectivity index (χ3n) is 3.18. The van der Waals surface area contributed by atoms with Gasteiger partial charge in [-0.2, -0.15) is 5.10 Å². The van der Waals surface area contributed by atoms with Crippen LogP contribution in [0.5, 0.6) is 0 Å². The van der Waals surface area contributed by atoms with E-state index in [4.69, 9.17) is 5.73 Å². The van der Waals surface area contributed by atoms with Gasteiger partial charge in [0.2, 0.25) is 0 Å². The monoisotopic (exact) mass is 364 g/mol. The minimum absolute atomic E-state index is 0. The van der Waals surface area contributed by atoms with Crippen molar-refractivity contribution in [3.63, 3.8) is 0 Å². The molecule has 6 nitrogen and oxygen atoms in total. The van der Waals surface area contributed by atoms with E-state index in [1.807, 2.05) is 0 Å². The molecule has 0 aromatic carbocycles. The molecule has 0 saturated carbocycles. The number of hydrogen-bond donors (Lipinski definition) is 1. The fraction of sp³-hybridized carbons (Fsp3) is 0.727. The first-order valence-corrected chi connectivity index (χ1v) is 6.13. The summed E-state index contributed by atoms with van der Waals surface area (Å²) in [5, 5.41) is 4.02. The summed E-state index contributed by atoms with van der Waals surface area (Å²) in [5.74, 6) is 1.48. The molecule has 0 amide bonds. The standard InChI is InChI=1S/C11H20N6.HI/c1-10-2-5-16(6-3-10)11(12)14-4-7-17-9-13-8-15-17;/h8-10H,2-7H2,1H3,(H2,12,14);1H. The first kappa shape index (κ1) is 15.2. The third kappa shape index (κ3) is 4.43. The lowest BCUT2D eigenvalue weighted by Crippen LogP contribution is -2.42. The Morgan fingerprint density at radius 2 is 2.17 bits per heavy atom. The molecule has 0 unspecified atom stereocenters. The third-order valence-corrected chi connectivity index (χ3v) is 3.18. The van der Waals surface area contributed by atoms with Crippen molar-refractivity contribution >= 4 is 29.9 Å². The normalized spacial score (nSPS) is 17.6. The SMILES string of the molecule is CC1CCN(C(N)=NCCn2cncn2)CC1.I. The number of nitrogens with zero attached hydrogens (tertiary/aromatic N) is 5. The van der Waals surface area contributed by atoms with Crippen LogP contribution in [0.3, 0.4) is 0 Å². The van der Waals surface area contributed by atoms with Crippen molar-refractivity contribution in [3.8, 4) is 0 Å². The zero-order valence-corrected chi connectivity index (χ0v) is 13.0. The van der Waals surface area contributed by atoms with Crippen LogP contribution >= 0.6 is 24.0 Å². The zero-order chi connectivity index (χ0) is 12.1. The van der Waals surface area contributed by atoms with Gasteiger partial charge in [-0.3, -0.25) is 9.67 Å². The Morgan fingerprint density at radius 1 is 1.44 bits per heavy atom. The summed E-state index contributed by atoms with van der Waals surface area (Å²) < 4.78 is 1.76. The van der Waals surface area contributed by atoms with Gasteiger partial charge in [0, 0.05) is 13.1 Å². The van der Waals surface area contributed by atoms with Crippen molar-refractivity contribution in [2.24, 2.45) is 16.6 Å². The number of hydrogen-bond acceptors (Lipinski definition) is 3. The van der Waals surface area contributed by atoms with Crippen LogP contribution in [0.25, 0.3) is 0 Å². The van der Waals surface area contributed by atoms with Crippen LogP contribution in [0.1, 0.15) is 19.8 Å². The second-order valence-electron chi connectivity index (χ2n) is 4.57. The summed E-state index contributed by atoms with van der Waals surface area (Å²) >= 11 is 0. The average Bonchev–Trinajstić information content (AvgIpc) is 2.83. The minimum atomic E-state index is 0. The van der Waals surface area contributed by atoms with Crippen LogP contribution in [0, 0.1) is 5.92 Å². The van der Waals surface area contributed by atoms with Crippen molar-refractivity contribution in [1.82, 2.24) is 19.7 Å². The largest absolute Gasteiger partial charge is 0.370 e. The summed E-state index contributed by atoms with van der Waals surface area (Å²) in [7, 11) is 0. The quantitative estimate of drug-likeness (QED) is 0.492. The lowest BCUT2D eigenvalue weighted by molar-refractivity contribution is 0.277. The van der Waals surface area contributed by atoms with Crippen LogP contribution in [-0.2, 0) is 6.54 Å². The molecule has 0 atom stereocenters. The number of nitrogens with two attached hydrogens (primary N) is 1. The fourth-order valence-electron chi connectivity index (χ4n) is 1.95. The van der Waals surface area contributed by atoms with E-state index < -0.39 is 0 Å². The van der Waals surface area contributed by atoms with E-state index in [0.717, 1.165) is 25.6 Å². The lowest BCUT2D eigenvalue weighted by Gasteiger charge is -2.31. The van der Waals surface area contributed by atoms with E-state index in [9.17, 15) is 0 Å². The number of likely N-dealkylation sites (tertiary alicyclic amines) is 1. The summed E-state index contributed by atoms with van der Waals surface area (Å²) in [6.07, 6.45) is 5.63. The Balaban J connectivity index is 0.00000162. The molecule has 0 bridgehead atoms. The summed E-state index contributed by atoms with van der Waals surface area (Å²) in [6, 6.07) is 0. The van der Waals surface area contributed by atoms with Crippen molar-refractivity contribution in [2.75, 3.05) is 19.6 Å². The molecule has 7 heteroatoms. The van der Waals surface area contributed by atoms with Crippen molar-refractivity contribution in [2.45, 2.75) is 26.3 Å². The molecule has 2 N–H and O–H groups in total. The molecular weight excluding hydrogens is 343 g/mol. The zero-order valence-electron chi connectivity index (χ0n) is 10.7. The Hall–Kier alpha value is -0.860. The topological polar surface area (TPSA) is 72.3 Å². The van der Waals surface area contributed by atoms with E-state index >= 15 is 0 Å². The molecule has 1 saturated heterocycles. The minimum Gasteiger partial charge on any atom is -0.370 e. The molecule has 1 aromatic heterocycles. The van der Waals surface area contributed by atoms with Gasteiger partial charge >= 0.3 is 0 Å². The van der Waals surface area contributed by atoms with E-state index in [2.05, 4.69) is 26.9 Å². The molecule has 2 heterocycles. The molecule has 2 rings (SSSR count). The van der Waals surface area contributed by atoms with Gasteiger partial charge in [0.15, 0.2) is 5.96 Å². The van der Waals surface area contributed by atoms with E-state index in [0.29, 0.717) is 12.5 Å². The predicted molar refractivity (Wildman–Crippen MR) is 81.9 cm³/mol. The van der Waals surface area contributed by atoms with Crippen LogP contribution in [-0.4, -0.2) is 45.3 Å². The lowest BCUT2D eigenvalue weighted by atomic mass is 10.00. The first-order valence-electron chi connectivity index (χ1n) is 6.13. The van der Waals surface area contributed by atoms with E-state index in [1.54, 1.807) is 11.0 Å². The van der Waals surface area contributed by atoms with E-state index in [-0.39, 0.29) is 24.0 Å².